The van der Waals surface area contributed by atoms with Crippen molar-refractivity contribution in [2.24, 2.45) is 5.73 Å². The minimum absolute atomic E-state index is 0.000136. The van der Waals surface area contributed by atoms with Crippen molar-refractivity contribution in [3.05, 3.63) is 95.6 Å². The first-order valence-corrected chi connectivity index (χ1v) is 11.4. The van der Waals surface area contributed by atoms with Gasteiger partial charge in [-0.25, -0.2) is 9.59 Å². The zero-order chi connectivity index (χ0) is 23.8. The van der Waals surface area contributed by atoms with Gasteiger partial charge < -0.3 is 25.4 Å². The van der Waals surface area contributed by atoms with Crippen LogP contribution in [0.1, 0.15) is 22.6 Å². The average molecular weight is 460 g/mol. The summed E-state index contributed by atoms with van der Waals surface area (Å²) in [5.41, 5.74) is 11.2. The molecule has 0 saturated carbocycles. The van der Waals surface area contributed by atoms with Crippen LogP contribution in [0.15, 0.2) is 78.9 Å². The van der Waals surface area contributed by atoms with E-state index in [1.54, 1.807) is 0 Å². The second-order valence-electron chi connectivity index (χ2n) is 8.07. The number of alkyl carbamates (subject to hydrolysis) is 1. The van der Waals surface area contributed by atoms with Crippen LogP contribution in [0.3, 0.4) is 0 Å². The molecular weight excluding hydrogens is 430 g/mol. The smallest absolute Gasteiger partial charge is 0.410 e. The Bertz CT molecular complexity index is 1070. The Morgan fingerprint density at radius 1 is 0.824 bits per heavy atom. The van der Waals surface area contributed by atoms with E-state index in [2.05, 4.69) is 29.6 Å². The maximum Gasteiger partial charge on any atom is 0.410 e. The van der Waals surface area contributed by atoms with Crippen LogP contribution in [-0.2, 0) is 16.1 Å². The number of nitrogens with two attached hydrogens (primary N) is 1. The van der Waals surface area contributed by atoms with Gasteiger partial charge in [0.05, 0.1) is 0 Å². The molecule has 3 N–H and O–H groups in total. The average Bonchev–Trinajstić information content (AvgIpc) is 3.20. The second-order valence-corrected chi connectivity index (χ2v) is 8.07. The number of carbonyl (C=O) groups is 2. The monoisotopic (exact) mass is 459 g/mol. The van der Waals surface area contributed by atoms with Crippen LogP contribution < -0.4 is 11.1 Å². The summed E-state index contributed by atoms with van der Waals surface area (Å²) in [4.78, 5) is 26.2. The van der Waals surface area contributed by atoms with E-state index >= 15 is 0 Å². The number of ether oxygens (including phenoxy) is 2. The summed E-state index contributed by atoms with van der Waals surface area (Å²) in [6, 6.07) is 25.8. The molecule has 0 heterocycles. The molecule has 1 aliphatic rings. The van der Waals surface area contributed by atoms with Gasteiger partial charge in [-0.05, 0) is 27.8 Å². The number of rotatable bonds is 9. The van der Waals surface area contributed by atoms with Crippen LogP contribution in [0.5, 0.6) is 0 Å². The number of fused-ring (bicyclic) bond motifs is 3. The molecule has 0 atom stereocenters. The first kappa shape index (κ1) is 23.3. The van der Waals surface area contributed by atoms with E-state index in [-0.39, 0.29) is 32.2 Å². The van der Waals surface area contributed by atoms with Gasteiger partial charge in [-0.1, -0.05) is 78.9 Å². The van der Waals surface area contributed by atoms with E-state index < -0.39 is 12.2 Å². The molecule has 176 valence electrons. The lowest BCUT2D eigenvalue weighted by Gasteiger charge is -2.21. The minimum Gasteiger partial charge on any atom is -0.449 e. The number of hydrogen-bond donors (Lipinski definition) is 2. The molecular formula is C27H29N3O4. The standard InChI is InChI=1S/C27H29N3O4/c28-14-16-30(27(32)34-18-20-8-2-1-3-9-20)17-15-29-26(31)33-19-25-23-12-6-4-10-21(23)22-11-5-7-13-24(22)25/h1-13,25H,14-19,28H2,(H,29,31). The summed E-state index contributed by atoms with van der Waals surface area (Å²) in [5, 5.41) is 2.72. The summed E-state index contributed by atoms with van der Waals surface area (Å²) < 4.78 is 10.9. The van der Waals surface area contributed by atoms with Gasteiger partial charge >= 0.3 is 12.2 Å². The molecule has 0 bridgehead atoms. The van der Waals surface area contributed by atoms with Gasteiger partial charge in [0.1, 0.15) is 13.2 Å². The highest BCUT2D eigenvalue weighted by Gasteiger charge is 2.29. The maximum absolute atomic E-state index is 12.4. The third kappa shape index (κ3) is 5.55. The maximum atomic E-state index is 12.4. The zero-order valence-corrected chi connectivity index (χ0v) is 19.0. The lowest BCUT2D eigenvalue weighted by molar-refractivity contribution is 0.0962. The van der Waals surface area contributed by atoms with E-state index in [1.807, 2.05) is 54.6 Å². The Labute approximate surface area is 199 Å². The SMILES string of the molecule is NCCN(CCNC(=O)OCC1c2ccccc2-c2ccccc21)C(=O)OCc1ccccc1. The third-order valence-electron chi connectivity index (χ3n) is 5.86. The Hall–Kier alpha value is -3.84. The molecule has 4 rings (SSSR count). The fourth-order valence-corrected chi connectivity index (χ4v) is 4.20. The Kier molecular flexibility index (Phi) is 7.78. The van der Waals surface area contributed by atoms with Gasteiger partial charge in [-0.3, -0.25) is 0 Å². The number of nitrogens with one attached hydrogen (secondary N) is 1. The molecule has 0 aliphatic heterocycles. The van der Waals surface area contributed by atoms with E-state index in [1.165, 1.54) is 16.0 Å². The first-order chi connectivity index (χ1) is 16.7. The van der Waals surface area contributed by atoms with Gasteiger partial charge in [0.2, 0.25) is 0 Å². The number of benzene rings is 3. The van der Waals surface area contributed by atoms with Crippen LogP contribution in [0.4, 0.5) is 9.59 Å². The topological polar surface area (TPSA) is 93.9 Å². The number of hydrogen-bond acceptors (Lipinski definition) is 5. The molecule has 0 unspecified atom stereocenters. The van der Waals surface area contributed by atoms with Crippen molar-refractivity contribution in [2.45, 2.75) is 12.5 Å². The Morgan fingerprint density at radius 2 is 1.44 bits per heavy atom. The van der Waals surface area contributed by atoms with Gasteiger partial charge in [0.15, 0.2) is 0 Å². The summed E-state index contributed by atoms with van der Waals surface area (Å²) >= 11 is 0. The fraction of sp³-hybridized carbons (Fsp3) is 0.259. The van der Waals surface area contributed by atoms with Crippen molar-refractivity contribution in [3.63, 3.8) is 0 Å². The summed E-state index contributed by atoms with van der Waals surface area (Å²) in [6.45, 7) is 1.56. The van der Waals surface area contributed by atoms with E-state index in [4.69, 9.17) is 15.2 Å². The molecule has 34 heavy (non-hydrogen) atoms. The second kappa shape index (κ2) is 11.3. The van der Waals surface area contributed by atoms with Crippen molar-refractivity contribution in [1.29, 1.82) is 0 Å². The molecule has 0 fully saturated rings. The van der Waals surface area contributed by atoms with Gasteiger partial charge in [0.25, 0.3) is 0 Å². The predicted molar refractivity (Wildman–Crippen MR) is 130 cm³/mol. The largest absolute Gasteiger partial charge is 0.449 e. The quantitative estimate of drug-likeness (QED) is 0.502. The molecule has 7 heteroatoms. The third-order valence-corrected chi connectivity index (χ3v) is 5.86. The van der Waals surface area contributed by atoms with Crippen molar-refractivity contribution in [1.82, 2.24) is 10.2 Å². The molecule has 7 nitrogen and oxygen atoms in total. The molecule has 0 spiro atoms. The molecule has 2 amide bonds. The summed E-state index contributed by atoms with van der Waals surface area (Å²) in [5.74, 6) is -0.000136. The highest BCUT2D eigenvalue weighted by atomic mass is 16.6. The minimum atomic E-state index is -0.521. The molecule has 0 aromatic heterocycles. The fourth-order valence-electron chi connectivity index (χ4n) is 4.20. The normalized spacial score (nSPS) is 11.9. The van der Waals surface area contributed by atoms with Crippen LogP contribution >= 0.6 is 0 Å². The molecule has 3 aromatic rings. The van der Waals surface area contributed by atoms with Crippen molar-refractivity contribution in [3.8, 4) is 11.1 Å². The van der Waals surface area contributed by atoms with Crippen LogP contribution in [0.25, 0.3) is 11.1 Å². The van der Waals surface area contributed by atoms with E-state index in [0.717, 1.165) is 16.7 Å². The zero-order valence-electron chi connectivity index (χ0n) is 19.0. The first-order valence-electron chi connectivity index (χ1n) is 11.4. The number of amides is 2. The van der Waals surface area contributed by atoms with Crippen LogP contribution in [0.2, 0.25) is 0 Å². The van der Waals surface area contributed by atoms with Gasteiger partial charge in [0, 0.05) is 32.1 Å². The molecule has 3 aromatic carbocycles. The molecule has 1 aliphatic carbocycles. The Morgan fingerprint density at radius 3 is 2.09 bits per heavy atom. The summed E-state index contributed by atoms with van der Waals surface area (Å²) in [6.07, 6.45) is -0.990. The van der Waals surface area contributed by atoms with Crippen molar-refractivity contribution >= 4 is 12.2 Å². The highest BCUT2D eigenvalue weighted by Crippen LogP contribution is 2.44. The Balaban J connectivity index is 1.25. The van der Waals surface area contributed by atoms with Crippen molar-refractivity contribution < 1.29 is 19.1 Å². The molecule has 0 saturated heterocycles. The lowest BCUT2D eigenvalue weighted by atomic mass is 9.98. The molecule has 0 radical (unpaired) electrons. The van der Waals surface area contributed by atoms with Gasteiger partial charge in [-0.2, -0.15) is 0 Å². The van der Waals surface area contributed by atoms with Crippen molar-refractivity contribution in [2.75, 3.05) is 32.8 Å². The number of carbonyl (C=O) groups excluding carboxylic acids is 2. The number of nitrogens with zero attached hydrogens (tertiary/aromatic N) is 1. The summed E-state index contributed by atoms with van der Waals surface area (Å²) in [7, 11) is 0. The highest BCUT2D eigenvalue weighted by molar-refractivity contribution is 5.79. The van der Waals surface area contributed by atoms with Crippen LogP contribution in [0, 0.1) is 0 Å². The van der Waals surface area contributed by atoms with E-state index in [9.17, 15) is 9.59 Å². The predicted octanol–water partition coefficient (Wildman–Crippen LogP) is 4.12. The lowest BCUT2D eigenvalue weighted by Crippen LogP contribution is -2.41. The van der Waals surface area contributed by atoms with Crippen LogP contribution in [-0.4, -0.2) is 49.9 Å². The van der Waals surface area contributed by atoms with E-state index in [0.29, 0.717) is 13.1 Å². The van der Waals surface area contributed by atoms with Gasteiger partial charge in [-0.15, -0.1) is 0 Å².